The molecule has 0 aliphatic rings. The lowest BCUT2D eigenvalue weighted by Crippen LogP contribution is -2.17. The van der Waals surface area contributed by atoms with Crippen molar-refractivity contribution >= 4 is 28.3 Å². The first kappa shape index (κ1) is 12.9. The predicted octanol–water partition coefficient (Wildman–Crippen LogP) is 1.56. The van der Waals surface area contributed by atoms with Gasteiger partial charge in [-0.05, 0) is 12.1 Å². The summed E-state index contributed by atoms with van der Waals surface area (Å²) in [4.78, 5) is 24.4. The fourth-order valence-corrected chi connectivity index (χ4v) is 1.94. The van der Waals surface area contributed by atoms with E-state index in [0.29, 0.717) is 11.5 Å². The van der Waals surface area contributed by atoms with Crippen LogP contribution in [0.15, 0.2) is 48.9 Å². The lowest BCUT2D eigenvalue weighted by Gasteiger charge is -2.08. The lowest BCUT2D eigenvalue weighted by atomic mass is 10.2. The number of carbonyl (C=O) groups is 1. The number of hydrogen-bond acceptors (Lipinski definition) is 6. The Labute approximate surface area is 120 Å². The van der Waals surface area contributed by atoms with E-state index in [9.17, 15) is 4.79 Å². The summed E-state index contributed by atoms with van der Waals surface area (Å²) in [7, 11) is 0. The number of hydrogen-bond donors (Lipinski definition) is 3. The molecular formula is C14H12N6O. The van der Waals surface area contributed by atoms with Gasteiger partial charge in [0, 0.05) is 11.6 Å². The van der Waals surface area contributed by atoms with Crippen molar-refractivity contribution < 1.29 is 4.79 Å². The molecule has 0 fully saturated rings. The van der Waals surface area contributed by atoms with E-state index in [4.69, 9.17) is 5.84 Å². The Morgan fingerprint density at radius 1 is 1.14 bits per heavy atom. The third-order valence-corrected chi connectivity index (χ3v) is 2.90. The fourth-order valence-electron chi connectivity index (χ4n) is 1.94. The Bertz CT molecular complexity index is 799. The van der Waals surface area contributed by atoms with Gasteiger partial charge in [0.1, 0.15) is 5.69 Å². The van der Waals surface area contributed by atoms with Gasteiger partial charge in [0.25, 0.3) is 5.91 Å². The lowest BCUT2D eigenvalue weighted by molar-refractivity contribution is 0.102. The second-order valence-electron chi connectivity index (χ2n) is 4.27. The maximum Gasteiger partial charge on any atom is 0.276 e. The summed E-state index contributed by atoms with van der Waals surface area (Å²) < 4.78 is 0. The maximum absolute atomic E-state index is 12.2. The average Bonchev–Trinajstić information content (AvgIpc) is 2.55. The van der Waals surface area contributed by atoms with Gasteiger partial charge in [-0.3, -0.25) is 14.8 Å². The van der Waals surface area contributed by atoms with Gasteiger partial charge < -0.3 is 10.7 Å². The van der Waals surface area contributed by atoms with Crippen LogP contribution in [0.2, 0.25) is 0 Å². The number of aromatic nitrogens is 3. The van der Waals surface area contributed by atoms with Gasteiger partial charge in [-0.1, -0.05) is 18.2 Å². The third kappa shape index (κ3) is 2.63. The summed E-state index contributed by atoms with van der Waals surface area (Å²) in [6.45, 7) is 0. The normalized spacial score (nSPS) is 10.3. The maximum atomic E-state index is 12.2. The van der Waals surface area contributed by atoms with Gasteiger partial charge in [-0.2, -0.15) is 0 Å². The van der Waals surface area contributed by atoms with Gasteiger partial charge >= 0.3 is 0 Å². The number of rotatable bonds is 3. The molecule has 2 aromatic heterocycles. The van der Waals surface area contributed by atoms with Crippen molar-refractivity contribution in [2.45, 2.75) is 0 Å². The summed E-state index contributed by atoms with van der Waals surface area (Å²) in [5.74, 6) is 5.19. The summed E-state index contributed by atoms with van der Waals surface area (Å²) in [6.07, 6.45) is 4.47. The molecule has 1 aromatic carbocycles. The van der Waals surface area contributed by atoms with E-state index in [0.717, 1.165) is 10.9 Å². The van der Waals surface area contributed by atoms with Crippen molar-refractivity contribution in [3.8, 4) is 0 Å². The van der Waals surface area contributed by atoms with Crippen molar-refractivity contribution in [2.75, 3.05) is 10.7 Å². The van der Waals surface area contributed by atoms with Crippen LogP contribution < -0.4 is 16.6 Å². The van der Waals surface area contributed by atoms with Crippen LogP contribution >= 0.6 is 0 Å². The number of carbonyl (C=O) groups excluding carboxylic acids is 1. The smallest absolute Gasteiger partial charge is 0.276 e. The van der Waals surface area contributed by atoms with E-state index in [-0.39, 0.29) is 11.6 Å². The van der Waals surface area contributed by atoms with Crippen LogP contribution in [-0.4, -0.2) is 20.9 Å². The molecule has 0 radical (unpaired) electrons. The van der Waals surface area contributed by atoms with Crippen molar-refractivity contribution in [3.05, 3.63) is 54.6 Å². The zero-order valence-corrected chi connectivity index (χ0v) is 10.9. The summed E-state index contributed by atoms with van der Waals surface area (Å²) in [6, 6.07) is 9.33. The van der Waals surface area contributed by atoms with Crippen molar-refractivity contribution in [1.29, 1.82) is 0 Å². The van der Waals surface area contributed by atoms with Crippen LogP contribution in [-0.2, 0) is 0 Å². The third-order valence-electron chi connectivity index (χ3n) is 2.90. The van der Waals surface area contributed by atoms with Crippen molar-refractivity contribution in [2.24, 2.45) is 5.84 Å². The molecule has 7 nitrogen and oxygen atoms in total. The number of hydrazine groups is 1. The summed E-state index contributed by atoms with van der Waals surface area (Å²) in [5, 5.41) is 3.72. The molecule has 0 aliphatic heterocycles. The highest BCUT2D eigenvalue weighted by Gasteiger charge is 2.11. The van der Waals surface area contributed by atoms with Crippen molar-refractivity contribution in [3.63, 3.8) is 0 Å². The molecule has 0 bridgehead atoms. The van der Waals surface area contributed by atoms with E-state index >= 15 is 0 Å². The first-order chi connectivity index (χ1) is 10.3. The molecule has 1 amide bonds. The zero-order valence-electron chi connectivity index (χ0n) is 10.9. The molecule has 21 heavy (non-hydrogen) atoms. The Morgan fingerprint density at radius 2 is 2.00 bits per heavy atom. The van der Waals surface area contributed by atoms with E-state index < -0.39 is 0 Å². The first-order valence-corrected chi connectivity index (χ1v) is 6.21. The Balaban J connectivity index is 1.93. The largest absolute Gasteiger partial charge is 0.319 e. The minimum absolute atomic E-state index is 0.165. The summed E-state index contributed by atoms with van der Waals surface area (Å²) >= 11 is 0. The Kier molecular flexibility index (Phi) is 3.40. The van der Waals surface area contributed by atoms with Gasteiger partial charge in [0.05, 0.1) is 23.6 Å². The molecule has 0 atom stereocenters. The molecule has 0 aliphatic carbocycles. The second-order valence-corrected chi connectivity index (χ2v) is 4.27. The molecule has 0 spiro atoms. The molecule has 0 saturated heterocycles. The average molecular weight is 280 g/mol. The van der Waals surface area contributed by atoms with E-state index in [2.05, 4.69) is 25.7 Å². The van der Waals surface area contributed by atoms with E-state index in [1.807, 2.05) is 24.3 Å². The first-order valence-electron chi connectivity index (χ1n) is 6.21. The SMILES string of the molecule is NNc1cncc(C(=O)Nc2cccc3cccnc23)n1. The number of nitrogens with zero attached hydrogens (tertiary/aromatic N) is 3. The molecule has 0 saturated carbocycles. The van der Waals surface area contributed by atoms with Gasteiger partial charge in [-0.25, -0.2) is 10.8 Å². The van der Waals surface area contributed by atoms with Crippen LogP contribution in [0, 0.1) is 0 Å². The van der Waals surface area contributed by atoms with Crippen LogP contribution in [0.25, 0.3) is 10.9 Å². The molecule has 4 N–H and O–H groups in total. The molecule has 2 heterocycles. The number of nitrogens with two attached hydrogens (primary N) is 1. The Morgan fingerprint density at radius 3 is 2.86 bits per heavy atom. The second kappa shape index (κ2) is 5.51. The highest BCUT2D eigenvalue weighted by Crippen LogP contribution is 2.21. The minimum Gasteiger partial charge on any atom is -0.319 e. The molecule has 104 valence electrons. The number of para-hydroxylation sites is 1. The number of nitrogen functional groups attached to an aromatic ring is 1. The highest BCUT2D eigenvalue weighted by atomic mass is 16.1. The van der Waals surface area contributed by atoms with Crippen LogP contribution in [0.3, 0.4) is 0 Å². The predicted molar refractivity (Wildman–Crippen MR) is 79.5 cm³/mol. The number of anilines is 2. The molecule has 7 heteroatoms. The topological polar surface area (TPSA) is 106 Å². The fraction of sp³-hybridized carbons (Fsp3) is 0. The Hall–Kier alpha value is -3.06. The zero-order chi connectivity index (χ0) is 14.7. The highest BCUT2D eigenvalue weighted by molar-refractivity contribution is 6.07. The molecule has 0 unspecified atom stereocenters. The quantitative estimate of drug-likeness (QED) is 0.496. The number of fused-ring (bicyclic) bond motifs is 1. The molecule has 3 aromatic rings. The standard InChI is InChI=1S/C14H12N6O/c15-20-12-8-16-7-11(18-12)14(21)19-10-5-1-3-9-4-2-6-17-13(9)10/h1-8H,15H2,(H,18,20)(H,19,21). The number of benzene rings is 1. The number of nitrogens with one attached hydrogen (secondary N) is 2. The molecule has 3 rings (SSSR count). The van der Waals surface area contributed by atoms with Crippen LogP contribution in [0.5, 0.6) is 0 Å². The number of pyridine rings is 1. The van der Waals surface area contributed by atoms with Gasteiger partial charge in [0.2, 0.25) is 0 Å². The monoisotopic (exact) mass is 280 g/mol. The molecular weight excluding hydrogens is 268 g/mol. The van der Waals surface area contributed by atoms with Gasteiger partial charge in [-0.15, -0.1) is 0 Å². The minimum atomic E-state index is -0.377. The van der Waals surface area contributed by atoms with E-state index in [1.54, 1.807) is 12.3 Å². The summed E-state index contributed by atoms with van der Waals surface area (Å²) in [5.41, 5.74) is 3.85. The van der Waals surface area contributed by atoms with Crippen LogP contribution in [0.4, 0.5) is 11.5 Å². The van der Waals surface area contributed by atoms with Crippen molar-refractivity contribution in [1.82, 2.24) is 15.0 Å². The number of amides is 1. The van der Waals surface area contributed by atoms with E-state index in [1.165, 1.54) is 12.4 Å². The van der Waals surface area contributed by atoms with Crippen LogP contribution in [0.1, 0.15) is 10.5 Å². The van der Waals surface area contributed by atoms with Gasteiger partial charge in [0.15, 0.2) is 5.82 Å².